The van der Waals surface area contributed by atoms with Crippen molar-refractivity contribution in [3.63, 3.8) is 0 Å². The predicted molar refractivity (Wildman–Crippen MR) is 101 cm³/mol. The van der Waals surface area contributed by atoms with Crippen LogP contribution in [0.1, 0.15) is 25.3 Å². The predicted octanol–water partition coefficient (Wildman–Crippen LogP) is 2.35. The molecular weight excluding hydrogens is 382 g/mol. The van der Waals surface area contributed by atoms with E-state index in [0.717, 1.165) is 0 Å². The molecule has 154 valence electrons. The van der Waals surface area contributed by atoms with E-state index in [1.165, 1.54) is 13.2 Å². The van der Waals surface area contributed by atoms with E-state index < -0.39 is 28.4 Å². The molecule has 9 nitrogen and oxygen atoms in total. The molecular formula is C20H21NO8. The molecule has 1 aliphatic carbocycles. The summed E-state index contributed by atoms with van der Waals surface area (Å²) in [6, 6.07) is 6.17. The van der Waals surface area contributed by atoms with Gasteiger partial charge in [0.05, 0.1) is 13.5 Å². The molecule has 0 amide bonds. The van der Waals surface area contributed by atoms with Crippen molar-refractivity contribution < 1.29 is 28.4 Å². The first-order valence-electron chi connectivity index (χ1n) is 9.19. The Kier molecular flexibility index (Phi) is 5.95. The number of esters is 1. The summed E-state index contributed by atoms with van der Waals surface area (Å²) in [5.74, 6) is -1.63. The second-order valence-corrected chi connectivity index (χ2v) is 7.25. The number of carbonyl (C=O) groups is 2. The molecule has 0 N–H and O–H groups in total. The maximum Gasteiger partial charge on any atom is 0.336 e. The summed E-state index contributed by atoms with van der Waals surface area (Å²) < 4.78 is 15.5. The molecule has 1 saturated carbocycles. The normalized spacial score (nSPS) is 21.3. The van der Waals surface area contributed by atoms with Crippen molar-refractivity contribution in [1.82, 2.24) is 0 Å². The van der Waals surface area contributed by atoms with Gasteiger partial charge in [0.15, 0.2) is 0 Å². The first-order chi connectivity index (χ1) is 13.8. The van der Waals surface area contributed by atoms with Gasteiger partial charge in [-0.3, -0.25) is 19.7 Å². The second kappa shape index (κ2) is 8.42. The van der Waals surface area contributed by atoms with Crippen LogP contribution in [0.15, 0.2) is 33.5 Å². The minimum Gasteiger partial charge on any atom is -0.497 e. The summed E-state index contributed by atoms with van der Waals surface area (Å²) in [5.41, 5.74) is 0.164. The van der Waals surface area contributed by atoms with Crippen LogP contribution in [0.4, 0.5) is 0 Å². The third-order valence-corrected chi connectivity index (χ3v) is 5.36. The molecule has 1 fully saturated rings. The maximum atomic E-state index is 12.3. The van der Waals surface area contributed by atoms with Gasteiger partial charge in [0.1, 0.15) is 23.7 Å². The molecule has 0 spiro atoms. The lowest BCUT2D eigenvalue weighted by molar-refractivity contribution is -0.490. The van der Waals surface area contributed by atoms with Crippen molar-refractivity contribution in [3.05, 3.63) is 50.4 Å². The summed E-state index contributed by atoms with van der Waals surface area (Å²) in [6.45, 7) is 1.25. The number of ether oxygens (including phenoxy) is 2. The lowest BCUT2D eigenvalue weighted by Crippen LogP contribution is -2.27. The largest absolute Gasteiger partial charge is 0.497 e. The smallest absolute Gasteiger partial charge is 0.336 e. The minimum atomic E-state index is -0.718. The standard InChI is InChI=1S/C20H21NO8/c1-11-5-17(22)15(16(11)9-21(25)26)8-19(23)28-10-12-6-20(24)29-18-7-13(27-2)3-4-14(12)18/h3-4,6-7,11,15-16H,5,8-10H2,1-2H3/t11-,15+,16+/m0/s1. The third-order valence-electron chi connectivity index (χ3n) is 5.36. The molecule has 0 saturated heterocycles. The minimum absolute atomic E-state index is 0.150. The van der Waals surface area contributed by atoms with E-state index in [2.05, 4.69) is 0 Å². The van der Waals surface area contributed by atoms with Crippen LogP contribution in [0.25, 0.3) is 11.0 Å². The van der Waals surface area contributed by atoms with Crippen molar-refractivity contribution in [2.75, 3.05) is 13.7 Å². The van der Waals surface area contributed by atoms with Crippen LogP contribution in [0.5, 0.6) is 5.75 Å². The van der Waals surface area contributed by atoms with Gasteiger partial charge in [-0.25, -0.2) is 4.79 Å². The number of nitrogens with zero attached hydrogens (tertiary/aromatic N) is 1. The van der Waals surface area contributed by atoms with Crippen molar-refractivity contribution in [3.8, 4) is 5.75 Å². The Balaban J connectivity index is 1.71. The van der Waals surface area contributed by atoms with Gasteiger partial charge >= 0.3 is 11.6 Å². The van der Waals surface area contributed by atoms with Gasteiger partial charge in [0.2, 0.25) is 6.54 Å². The van der Waals surface area contributed by atoms with E-state index >= 15 is 0 Å². The van der Waals surface area contributed by atoms with E-state index in [0.29, 0.717) is 22.3 Å². The van der Waals surface area contributed by atoms with Crippen molar-refractivity contribution in [1.29, 1.82) is 0 Å². The van der Waals surface area contributed by atoms with Crippen LogP contribution in [-0.2, 0) is 20.9 Å². The van der Waals surface area contributed by atoms with Crippen LogP contribution in [-0.4, -0.2) is 30.3 Å². The first kappa shape index (κ1) is 20.5. The summed E-state index contributed by atoms with van der Waals surface area (Å²) in [5, 5.41) is 11.5. The number of nitro groups is 1. The third kappa shape index (κ3) is 4.61. The molecule has 29 heavy (non-hydrogen) atoms. The lowest BCUT2D eigenvalue weighted by Gasteiger charge is -2.17. The summed E-state index contributed by atoms with van der Waals surface area (Å²) in [7, 11) is 1.49. The number of ketones is 1. The van der Waals surface area contributed by atoms with E-state index in [1.54, 1.807) is 25.1 Å². The number of hydrogen-bond donors (Lipinski definition) is 0. The highest BCUT2D eigenvalue weighted by atomic mass is 16.6. The molecule has 2 aromatic rings. The Bertz CT molecular complexity index is 1010. The first-order valence-corrected chi connectivity index (χ1v) is 9.19. The van der Waals surface area contributed by atoms with Gasteiger partial charge in [-0.15, -0.1) is 0 Å². The Labute approximate surface area is 165 Å². The monoisotopic (exact) mass is 403 g/mol. The van der Waals surface area contributed by atoms with Crippen molar-refractivity contribution in [2.24, 2.45) is 17.8 Å². The van der Waals surface area contributed by atoms with Crippen LogP contribution < -0.4 is 10.4 Å². The zero-order valence-electron chi connectivity index (χ0n) is 16.1. The number of hydrogen-bond acceptors (Lipinski definition) is 8. The quantitative estimate of drug-likeness (QED) is 0.298. The highest BCUT2D eigenvalue weighted by Gasteiger charge is 2.44. The fourth-order valence-electron chi connectivity index (χ4n) is 3.85. The van der Waals surface area contributed by atoms with Gasteiger partial charge in [-0.1, -0.05) is 6.92 Å². The molecule has 0 bridgehead atoms. The van der Waals surface area contributed by atoms with Gasteiger partial charge in [0, 0.05) is 46.3 Å². The van der Waals surface area contributed by atoms with Gasteiger partial charge in [-0.05, 0) is 18.1 Å². The Morgan fingerprint density at radius 3 is 2.76 bits per heavy atom. The maximum absolute atomic E-state index is 12.3. The zero-order chi connectivity index (χ0) is 21.1. The molecule has 1 aromatic carbocycles. The van der Waals surface area contributed by atoms with Gasteiger partial charge in [0.25, 0.3) is 0 Å². The molecule has 0 aliphatic heterocycles. The SMILES string of the molecule is COc1ccc2c(COC(=O)C[C@H]3C(=O)C[C@H](C)[C@H]3C[N+](=O)[O-])cc(=O)oc2c1. The summed E-state index contributed by atoms with van der Waals surface area (Å²) in [6.07, 6.45) is 0.0114. The van der Waals surface area contributed by atoms with Crippen LogP contribution in [0.3, 0.4) is 0 Å². The number of rotatable bonds is 7. The number of carbonyl (C=O) groups excluding carboxylic acids is 2. The average molecular weight is 403 g/mol. The zero-order valence-corrected chi connectivity index (χ0v) is 16.1. The van der Waals surface area contributed by atoms with E-state index in [4.69, 9.17) is 13.9 Å². The Morgan fingerprint density at radius 2 is 2.07 bits per heavy atom. The molecule has 0 radical (unpaired) electrons. The summed E-state index contributed by atoms with van der Waals surface area (Å²) in [4.78, 5) is 46.7. The van der Waals surface area contributed by atoms with Gasteiger partial charge < -0.3 is 13.9 Å². The van der Waals surface area contributed by atoms with E-state index in [1.807, 2.05) is 0 Å². The number of benzene rings is 1. The van der Waals surface area contributed by atoms with Crippen LogP contribution >= 0.6 is 0 Å². The van der Waals surface area contributed by atoms with Crippen LogP contribution in [0, 0.1) is 27.9 Å². The van der Waals surface area contributed by atoms with E-state index in [-0.39, 0.29) is 37.7 Å². The second-order valence-electron chi connectivity index (χ2n) is 7.25. The fraction of sp³-hybridized carbons (Fsp3) is 0.450. The number of methoxy groups -OCH3 is 1. The molecule has 0 unspecified atom stereocenters. The molecule has 9 heteroatoms. The van der Waals surface area contributed by atoms with E-state index in [9.17, 15) is 24.5 Å². The highest BCUT2D eigenvalue weighted by molar-refractivity contribution is 5.88. The molecule has 1 aliphatic rings. The highest BCUT2D eigenvalue weighted by Crippen LogP contribution is 2.36. The lowest BCUT2D eigenvalue weighted by atomic mass is 9.88. The van der Waals surface area contributed by atoms with Gasteiger partial charge in [-0.2, -0.15) is 0 Å². The topological polar surface area (TPSA) is 126 Å². The Morgan fingerprint density at radius 1 is 1.31 bits per heavy atom. The number of fused-ring (bicyclic) bond motifs is 1. The average Bonchev–Trinajstić information content (AvgIpc) is 2.91. The summed E-state index contributed by atoms with van der Waals surface area (Å²) >= 11 is 0. The Hall–Kier alpha value is -3.23. The molecule has 1 aromatic heterocycles. The number of Topliss-reactive ketones (excluding diaryl/α,β-unsaturated/α-hetero) is 1. The van der Waals surface area contributed by atoms with Crippen LogP contribution in [0.2, 0.25) is 0 Å². The molecule has 3 atom stereocenters. The van der Waals surface area contributed by atoms with Crippen molar-refractivity contribution in [2.45, 2.75) is 26.4 Å². The van der Waals surface area contributed by atoms with Crippen molar-refractivity contribution >= 4 is 22.7 Å². The molecule has 3 rings (SSSR count). The fourth-order valence-corrected chi connectivity index (χ4v) is 3.85. The molecule has 1 heterocycles.